The van der Waals surface area contributed by atoms with E-state index in [-0.39, 0.29) is 18.1 Å². The van der Waals surface area contributed by atoms with Crippen LogP contribution in [0.15, 0.2) is 45.8 Å². The molecule has 0 aliphatic carbocycles. The molecule has 0 aliphatic heterocycles. The van der Waals surface area contributed by atoms with Gasteiger partial charge in [0.05, 0.1) is 6.20 Å². The van der Waals surface area contributed by atoms with Crippen LogP contribution in [0.1, 0.15) is 5.56 Å². The van der Waals surface area contributed by atoms with Crippen LogP contribution in [0.4, 0.5) is 10.7 Å². The number of hydrogen-bond donors (Lipinski definition) is 1. The van der Waals surface area contributed by atoms with Crippen molar-refractivity contribution in [3.8, 4) is 0 Å². The predicted octanol–water partition coefficient (Wildman–Crippen LogP) is 2.31. The molecule has 0 bridgehead atoms. The summed E-state index contributed by atoms with van der Waals surface area (Å²) < 4.78 is 5.43. The van der Waals surface area contributed by atoms with E-state index in [1.165, 1.54) is 13.2 Å². The number of aromatic nitrogens is 2. The van der Waals surface area contributed by atoms with Crippen LogP contribution in [0.3, 0.4) is 0 Å². The van der Waals surface area contributed by atoms with Crippen molar-refractivity contribution in [2.45, 2.75) is 6.61 Å². The number of nitrogens with one attached hydrogen (secondary N) is 1. The predicted molar refractivity (Wildman–Crippen MR) is 77.6 cm³/mol. The number of benzene rings is 1. The van der Waals surface area contributed by atoms with Crippen LogP contribution in [-0.2, 0) is 11.3 Å². The molecule has 2 aromatic rings. The van der Waals surface area contributed by atoms with Gasteiger partial charge in [-0.05, 0) is 21.5 Å². The zero-order valence-corrected chi connectivity index (χ0v) is 12.3. The number of hydrogen-bond acceptors (Lipinski definition) is 4. The molecule has 104 valence electrons. The average Bonchev–Trinajstić information content (AvgIpc) is 2.48. The summed E-state index contributed by atoms with van der Waals surface area (Å²) in [5, 5.41) is 0. The fourth-order valence-electron chi connectivity index (χ4n) is 1.44. The summed E-state index contributed by atoms with van der Waals surface area (Å²) >= 11 is 3.04. The summed E-state index contributed by atoms with van der Waals surface area (Å²) in [4.78, 5) is 30.8. The number of halogens is 1. The molecule has 0 radical (unpaired) electrons. The van der Waals surface area contributed by atoms with E-state index in [1.54, 1.807) is 0 Å². The molecule has 0 fully saturated rings. The van der Waals surface area contributed by atoms with Gasteiger partial charge in [-0.15, -0.1) is 0 Å². The maximum atomic E-state index is 11.8. The van der Waals surface area contributed by atoms with E-state index < -0.39 is 6.09 Å². The van der Waals surface area contributed by atoms with Gasteiger partial charge >= 0.3 is 6.09 Å². The molecule has 1 N–H and O–H groups in total. The molecule has 2 rings (SSSR count). The van der Waals surface area contributed by atoms with Crippen LogP contribution in [0, 0.1) is 0 Å². The van der Waals surface area contributed by atoms with Crippen molar-refractivity contribution in [2.75, 3.05) is 11.9 Å². The Bertz CT molecular complexity index is 657. The second kappa shape index (κ2) is 6.33. The molecule has 0 unspecified atom stereocenters. The van der Waals surface area contributed by atoms with Gasteiger partial charge in [-0.2, -0.15) is 0 Å². The lowest BCUT2D eigenvalue weighted by Gasteiger charge is -2.15. The fraction of sp³-hybridized carbons (Fsp3) is 0.154. The molecular formula is C13H12BrN3O3. The molecule has 6 nitrogen and oxygen atoms in total. The van der Waals surface area contributed by atoms with Crippen LogP contribution in [0.5, 0.6) is 0 Å². The smallest absolute Gasteiger partial charge is 0.416 e. The molecule has 0 aliphatic rings. The molecular weight excluding hydrogens is 326 g/mol. The van der Waals surface area contributed by atoms with Crippen LogP contribution in [-0.4, -0.2) is 23.1 Å². The molecule has 1 aromatic heterocycles. The van der Waals surface area contributed by atoms with Crippen LogP contribution in [0.25, 0.3) is 0 Å². The molecule has 0 spiro atoms. The molecule has 7 heteroatoms. The minimum Gasteiger partial charge on any atom is -0.444 e. The van der Waals surface area contributed by atoms with E-state index in [0.717, 1.165) is 10.5 Å². The number of ether oxygens (including phenoxy) is 1. The second-order valence-corrected chi connectivity index (χ2v) is 4.84. The van der Waals surface area contributed by atoms with Gasteiger partial charge in [0.2, 0.25) is 5.95 Å². The molecule has 20 heavy (non-hydrogen) atoms. The molecule has 0 saturated heterocycles. The van der Waals surface area contributed by atoms with Crippen molar-refractivity contribution in [3.63, 3.8) is 0 Å². The third-order valence-electron chi connectivity index (χ3n) is 2.54. The normalized spacial score (nSPS) is 10.1. The Kier molecular flexibility index (Phi) is 4.52. The first kappa shape index (κ1) is 14.3. The SMILES string of the molecule is CN(C(=O)OCc1ccccc1)c1ncc(Br)c(=O)[nH]1. The summed E-state index contributed by atoms with van der Waals surface area (Å²) in [5.74, 6) is 0.122. The van der Waals surface area contributed by atoms with Crippen molar-refractivity contribution >= 4 is 28.0 Å². The lowest BCUT2D eigenvalue weighted by Crippen LogP contribution is -2.30. The topological polar surface area (TPSA) is 75.3 Å². The number of rotatable bonds is 3. The first-order chi connectivity index (χ1) is 9.58. The zero-order chi connectivity index (χ0) is 14.5. The first-order valence-electron chi connectivity index (χ1n) is 5.77. The van der Waals surface area contributed by atoms with E-state index in [2.05, 4.69) is 25.9 Å². The monoisotopic (exact) mass is 337 g/mol. The second-order valence-electron chi connectivity index (χ2n) is 3.98. The summed E-state index contributed by atoms with van der Waals surface area (Å²) in [6.07, 6.45) is 0.731. The van der Waals surface area contributed by atoms with Crippen LogP contribution < -0.4 is 10.5 Å². The summed E-state index contributed by atoms with van der Waals surface area (Å²) in [6.45, 7) is 0.158. The summed E-state index contributed by atoms with van der Waals surface area (Å²) in [6, 6.07) is 9.31. The van der Waals surface area contributed by atoms with E-state index >= 15 is 0 Å². The van der Waals surface area contributed by atoms with Gasteiger partial charge in [0.1, 0.15) is 11.1 Å². The highest BCUT2D eigenvalue weighted by atomic mass is 79.9. The molecule has 1 amide bonds. The zero-order valence-electron chi connectivity index (χ0n) is 10.7. The van der Waals surface area contributed by atoms with Crippen LogP contribution in [0.2, 0.25) is 0 Å². The minimum atomic E-state index is -0.598. The summed E-state index contributed by atoms with van der Waals surface area (Å²) in [5.41, 5.74) is 0.518. The lowest BCUT2D eigenvalue weighted by atomic mass is 10.2. The van der Waals surface area contributed by atoms with Gasteiger partial charge in [0.15, 0.2) is 0 Å². The number of nitrogens with zero attached hydrogens (tertiary/aromatic N) is 2. The summed E-state index contributed by atoms with van der Waals surface area (Å²) in [7, 11) is 1.47. The Morgan fingerprint density at radius 1 is 1.40 bits per heavy atom. The van der Waals surface area contributed by atoms with Gasteiger partial charge in [0.25, 0.3) is 5.56 Å². The van der Waals surface area contributed by atoms with Gasteiger partial charge in [-0.1, -0.05) is 30.3 Å². The molecule has 1 heterocycles. The van der Waals surface area contributed by atoms with Crippen LogP contribution >= 0.6 is 15.9 Å². The number of H-pyrrole nitrogens is 1. The highest BCUT2D eigenvalue weighted by molar-refractivity contribution is 9.10. The number of anilines is 1. The number of carbonyl (C=O) groups excluding carboxylic acids is 1. The number of amides is 1. The van der Waals surface area contributed by atoms with Gasteiger partial charge in [0, 0.05) is 7.05 Å². The Balaban J connectivity index is 2.01. The van der Waals surface area contributed by atoms with E-state index in [1.807, 2.05) is 30.3 Å². The van der Waals surface area contributed by atoms with Crippen molar-refractivity contribution in [1.29, 1.82) is 0 Å². The number of aromatic amines is 1. The van der Waals surface area contributed by atoms with E-state index in [9.17, 15) is 9.59 Å². The molecule has 0 saturated carbocycles. The van der Waals surface area contributed by atoms with Gasteiger partial charge in [-0.25, -0.2) is 9.78 Å². The Morgan fingerprint density at radius 2 is 2.10 bits per heavy atom. The molecule has 1 aromatic carbocycles. The van der Waals surface area contributed by atoms with E-state index in [0.29, 0.717) is 4.47 Å². The van der Waals surface area contributed by atoms with Crippen molar-refractivity contribution in [2.24, 2.45) is 0 Å². The Labute approximate surface area is 123 Å². The van der Waals surface area contributed by atoms with Gasteiger partial charge in [-0.3, -0.25) is 14.7 Å². The van der Waals surface area contributed by atoms with Gasteiger partial charge < -0.3 is 4.74 Å². The third kappa shape index (κ3) is 3.45. The Hall–Kier alpha value is -2.15. The molecule has 0 atom stereocenters. The largest absolute Gasteiger partial charge is 0.444 e. The van der Waals surface area contributed by atoms with Crippen molar-refractivity contribution < 1.29 is 9.53 Å². The quantitative estimate of drug-likeness (QED) is 0.932. The standard InChI is InChI=1S/C13H12BrN3O3/c1-17(12-15-7-10(14)11(18)16-12)13(19)20-8-9-5-3-2-4-6-9/h2-7H,8H2,1H3,(H,15,16,18). The van der Waals surface area contributed by atoms with E-state index in [4.69, 9.17) is 4.74 Å². The highest BCUT2D eigenvalue weighted by Gasteiger charge is 2.15. The first-order valence-corrected chi connectivity index (χ1v) is 6.56. The van der Waals surface area contributed by atoms with Crippen molar-refractivity contribution in [1.82, 2.24) is 9.97 Å². The highest BCUT2D eigenvalue weighted by Crippen LogP contribution is 2.08. The Morgan fingerprint density at radius 3 is 2.75 bits per heavy atom. The third-order valence-corrected chi connectivity index (χ3v) is 3.10. The van der Waals surface area contributed by atoms with Crippen molar-refractivity contribution in [3.05, 3.63) is 56.9 Å². The minimum absolute atomic E-state index is 0.122. The number of carbonyl (C=O) groups is 1. The average molecular weight is 338 g/mol. The maximum Gasteiger partial charge on any atom is 0.416 e. The fourth-order valence-corrected chi connectivity index (χ4v) is 1.64. The maximum absolute atomic E-state index is 11.8. The lowest BCUT2D eigenvalue weighted by molar-refractivity contribution is 0.148.